The van der Waals surface area contributed by atoms with Crippen molar-refractivity contribution >= 4 is 28.3 Å². The van der Waals surface area contributed by atoms with E-state index in [1.54, 1.807) is 13.8 Å². The minimum absolute atomic E-state index is 0. The first-order valence-electron chi connectivity index (χ1n) is 6.25. The molecule has 0 atom stereocenters. The van der Waals surface area contributed by atoms with Crippen molar-refractivity contribution in [3.8, 4) is 0 Å². The van der Waals surface area contributed by atoms with E-state index in [-0.39, 0.29) is 30.6 Å². The lowest BCUT2D eigenvalue weighted by Gasteiger charge is -2.25. The fourth-order valence-electron chi connectivity index (χ4n) is 1.54. The highest BCUT2D eigenvalue weighted by Crippen LogP contribution is 2.25. The zero-order chi connectivity index (χ0) is 13.8. The van der Waals surface area contributed by atoms with Gasteiger partial charge in [-0.3, -0.25) is 4.79 Å². The second-order valence-electron chi connectivity index (χ2n) is 5.44. The summed E-state index contributed by atoms with van der Waals surface area (Å²) >= 11 is 0. The first-order chi connectivity index (χ1) is 8.21. The van der Waals surface area contributed by atoms with Crippen molar-refractivity contribution in [3.63, 3.8) is 0 Å². The largest absolute Gasteiger partial charge is 0.353 e. The number of nitrogens with two attached hydrogens (primary N) is 1. The maximum absolute atomic E-state index is 11.6. The van der Waals surface area contributed by atoms with Crippen LogP contribution in [0.3, 0.4) is 0 Å². The maximum Gasteiger partial charge on any atom is 0.239 e. The Bertz CT molecular complexity index is 388. The highest BCUT2D eigenvalue weighted by molar-refractivity contribution is 7.89. The molecule has 6 nitrogen and oxygen atoms in total. The highest BCUT2D eigenvalue weighted by Gasteiger charge is 2.23. The first-order valence-corrected chi connectivity index (χ1v) is 7.90. The third-order valence-electron chi connectivity index (χ3n) is 3.06. The molecule has 0 spiro atoms. The van der Waals surface area contributed by atoms with Gasteiger partial charge in [0.05, 0.1) is 11.3 Å². The van der Waals surface area contributed by atoms with E-state index in [4.69, 9.17) is 5.73 Å². The van der Waals surface area contributed by atoms with Crippen molar-refractivity contribution in [3.05, 3.63) is 0 Å². The summed E-state index contributed by atoms with van der Waals surface area (Å²) in [5, 5.41) is 2.51. The van der Waals surface area contributed by atoms with E-state index in [0.717, 1.165) is 12.8 Å². The molecule has 19 heavy (non-hydrogen) atoms. The Kier molecular flexibility index (Phi) is 7.28. The molecule has 0 aromatic rings. The minimum atomic E-state index is -3.30. The van der Waals surface area contributed by atoms with Gasteiger partial charge in [0.15, 0.2) is 0 Å². The van der Waals surface area contributed by atoms with Gasteiger partial charge in [-0.2, -0.15) is 0 Å². The molecule has 1 aliphatic rings. The first kappa shape index (κ1) is 18.6. The Morgan fingerprint density at radius 2 is 1.95 bits per heavy atom. The van der Waals surface area contributed by atoms with E-state index < -0.39 is 15.6 Å². The molecule has 0 bridgehead atoms. The van der Waals surface area contributed by atoms with Crippen molar-refractivity contribution in [1.29, 1.82) is 0 Å². The van der Waals surface area contributed by atoms with E-state index >= 15 is 0 Å². The lowest BCUT2D eigenvalue weighted by atomic mass is 9.86. The molecule has 1 saturated carbocycles. The van der Waals surface area contributed by atoms with E-state index in [0.29, 0.717) is 12.5 Å². The van der Waals surface area contributed by atoms with Crippen LogP contribution in [0.5, 0.6) is 0 Å². The van der Waals surface area contributed by atoms with Crippen LogP contribution < -0.4 is 15.8 Å². The molecular formula is C11H24ClN3O3S. The third kappa shape index (κ3) is 7.10. The molecule has 0 aromatic carbocycles. The number of halogens is 1. The zero-order valence-electron chi connectivity index (χ0n) is 11.4. The van der Waals surface area contributed by atoms with Crippen LogP contribution in [-0.2, 0) is 14.8 Å². The summed E-state index contributed by atoms with van der Waals surface area (Å²) in [5.41, 5.74) is 4.59. The van der Waals surface area contributed by atoms with Gasteiger partial charge in [0.25, 0.3) is 0 Å². The van der Waals surface area contributed by atoms with Gasteiger partial charge in [-0.25, -0.2) is 13.1 Å². The van der Waals surface area contributed by atoms with Gasteiger partial charge in [0, 0.05) is 13.1 Å². The summed E-state index contributed by atoms with van der Waals surface area (Å²) in [6.07, 6.45) is 3.38. The Labute approximate surface area is 121 Å². The van der Waals surface area contributed by atoms with Crippen molar-refractivity contribution in [2.24, 2.45) is 11.7 Å². The predicted octanol–water partition coefficient (Wildman–Crippen LogP) is -0.0188. The number of nitrogens with one attached hydrogen (secondary N) is 2. The molecule has 1 rings (SSSR count). The van der Waals surface area contributed by atoms with Gasteiger partial charge in [0.1, 0.15) is 0 Å². The van der Waals surface area contributed by atoms with Gasteiger partial charge < -0.3 is 11.1 Å². The fraction of sp³-hybridized carbons (Fsp3) is 0.909. The molecule has 1 fully saturated rings. The molecule has 0 radical (unpaired) electrons. The summed E-state index contributed by atoms with van der Waals surface area (Å²) in [4.78, 5) is 11.4. The third-order valence-corrected chi connectivity index (χ3v) is 4.41. The normalized spacial score (nSPS) is 16.4. The highest BCUT2D eigenvalue weighted by atomic mass is 35.5. The van der Waals surface area contributed by atoms with Crippen molar-refractivity contribution in [2.75, 3.05) is 18.8 Å². The van der Waals surface area contributed by atoms with Gasteiger partial charge >= 0.3 is 0 Å². The van der Waals surface area contributed by atoms with E-state index in [2.05, 4.69) is 10.0 Å². The molecule has 0 heterocycles. The second-order valence-corrected chi connectivity index (χ2v) is 7.37. The van der Waals surface area contributed by atoms with E-state index in [1.807, 2.05) is 0 Å². The molecule has 0 aromatic heterocycles. The molecular weight excluding hydrogens is 290 g/mol. The average molecular weight is 314 g/mol. The molecule has 4 N–H and O–H groups in total. The maximum atomic E-state index is 11.6. The van der Waals surface area contributed by atoms with Crippen LogP contribution in [0.25, 0.3) is 0 Å². The standard InChI is InChI=1S/C11H23N3O3S.ClH/c1-11(2,12)10(15)13-6-7-18(16,17)14-8-9-4-3-5-9;/h9,14H,3-8,12H2,1-2H3,(H,13,15);1H. The summed E-state index contributed by atoms with van der Waals surface area (Å²) in [5.74, 6) is 0.0238. The van der Waals surface area contributed by atoms with Gasteiger partial charge in [-0.1, -0.05) is 6.42 Å². The molecule has 1 aliphatic carbocycles. The van der Waals surface area contributed by atoms with Crippen LogP contribution in [0.2, 0.25) is 0 Å². The van der Waals surface area contributed by atoms with Gasteiger partial charge in [-0.15, -0.1) is 12.4 Å². The Hall–Kier alpha value is -0.370. The number of sulfonamides is 1. The number of rotatable bonds is 7. The van der Waals surface area contributed by atoms with Gasteiger partial charge in [0.2, 0.25) is 15.9 Å². The number of hydrogen-bond acceptors (Lipinski definition) is 4. The number of amides is 1. The van der Waals surface area contributed by atoms with E-state index in [1.165, 1.54) is 6.42 Å². The van der Waals surface area contributed by atoms with Gasteiger partial charge in [-0.05, 0) is 32.6 Å². The van der Waals surface area contributed by atoms with E-state index in [9.17, 15) is 13.2 Å². The molecule has 8 heteroatoms. The number of hydrogen-bond donors (Lipinski definition) is 3. The van der Waals surface area contributed by atoms with Crippen LogP contribution in [-0.4, -0.2) is 38.7 Å². The molecule has 1 amide bonds. The van der Waals surface area contributed by atoms with Crippen LogP contribution >= 0.6 is 12.4 Å². The summed E-state index contributed by atoms with van der Waals surface area (Å²) < 4.78 is 25.8. The predicted molar refractivity (Wildman–Crippen MR) is 77.7 cm³/mol. The van der Waals surface area contributed by atoms with Crippen LogP contribution in [0.1, 0.15) is 33.1 Å². The Morgan fingerprint density at radius 3 is 2.37 bits per heavy atom. The molecule has 0 saturated heterocycles. The smallest absolute Gasteiger partial charge is 0.239 e. The Morgan fingerprint density at radius 1 is 1.37 bits per heavy atom. The molecule has 114 valence electrons. The van der Waals surface area contributed by atoms with Crippen molar-refractivity contribution < 1.29 is 13.2 Å². The van der Waals surface area contributed by atoms with Crippen LogP contribution in [0, 0.1) is 5.92 Å². The number of carbonyl (C=O) groups is 1. The lowest BCUT2D eigenvalue weighted by Crippen LogP contribution is -2.50. The van der Waals surface area contributed by atoms with Crippen molar-refractivity contribution in [1.82, 2.24) is 10.0 Å². The molecule has 0 unspecified atom stereocenters. The van der Waals surface area contributed by atoms with Crippen molar-refractivity contribution in [2.45, 2.75) is 38.6 Å². The number of carbonyl (C=O) groups excluding carboxylic acids is 1. The minimum Gasteiger partial charge on any atom is -0.353 e. The fourth-order valence-corrected chi connectivity index (χ4v) is 2.55. The van der Waals surface area contributed by atoms with Crippen LogP contribution in [0.15, 0.2) is 0 Å². The lowest BCUT2D eigenvalue weighted by molar-refractivity contribution is -0.125. The summed E-state index contributed by atoms with van der Waals surface area (Å²) in [6, 6.07) is 0. The van der Waals surface area contributed by atoms with Crippen LogP contribution in [0.4, 0.5) is 0 Å². The monoisotopic (exact) mass is 313 g/mol. The SMILES string of the molecule is CC(C)(N)C(=O)NCCS(=O)(=O)NCC1CCC1.Cl. The quantitative estimate of drug-likeness (QED) is 0.615. The average Bonchev–Trinajstić information content (AvgIpc) is 2.12. The topological polar surface area (TPSA) is 101 Å². The second kappa shape index (κ2) is 7.42. The zero-order valence-corrected chi connectivity index (χ0v) is 13.1. The summed E-state index contributed by atoms with van der Waals surface area (Å²) in [6.45, 7) is 3.75. The Balaban J connectivity index is 0.00000324. The summed E-state index contributed by atoms with van der Waals surface area (Å²) in [7, 11) is -3.30. The molecule has 0 aliphatic heterocycles.